The summed E-state index contributed by atoms with van der Waals surface area (Å²) in [5.74, 6) is 0. The molecule has 0 aromatic heterocycles. The fourth-order valence-electron chi connectivity index (χ4n) is 2.93. The number of nitrogens with one attached hydrogen (secondary N) is 1. The van der Waals surface area contributed by atoms with Crippen molar-refractivity contribution in [2.24, 2.45) is 5.41 Å². The first-order chi connectivity index (χ1) is 8.88. The van der Waals surface area contributed by atoms with E-state index in [0.29, 0.717) is 16.1 Å². The summed E-state index contributed by atoms with van der Waals surface area (Å²) in [6.07, 6.45) is 0. The first-order valence-corrected chi connectivity index (χ1v) is 7.54. The highest BCUT2D eigenvalue weighted by molar-refractivity contribution is 6.34. The molecule has 1 aliphatic heterocycles. The Hall–Kier alpha value is 0.300. The number of piperazine rings is 1. The normalized spacial score (nSPS) is 17.6. The highest BCUT2D eigenvalue weighted by atomic mass is 35.5. The second-order valence-corrected chi connectivity index (χ2v) is 7.13. The van der Waals surface area contributed by atoms with E-state index in [9.17, 15) is 0 Å². The first-order valence-electron chi connectivity index (χ1n) is 6.79. The summed E-state index contributed by atoms with van der Waals surface area (Å²) in [5.41, 5.74) is 1.36. The Labute approximate surface area is 150 Å². The van der Waals surface area contributed by atoms with Crippen LogP contribution in [0.5, 0.6) is 0 Å². The summed E-state index contributed by atoms with van der Waals surface area (Å²) in [4.78, 5) is 2.53. The highest BCUT2D eigenvalue weighted by Crippen LogP contribution is 2.39. The molecule has 0 radical (unpaired) electrons. The van der Waals surface area contributed by atoms with Crippen LogP contribution in [0.4, 0.5) is 0 Å². The number of hydrogen-bond acceptors (Lipinski definition) is 2. The molecule has 122 valence electrons. The minimum absolute atomic E-state index is 0. The van der Waals surface area contributed by atoms with E-state index in [-0.39, 0.29) is 30.2 Å². The van der Waals surface area contributed by atoms with Gasteiger partial charge in [0.15, 0.2) is 0 Å². The van der Waals surface area contributed by atoms with Gasteiger partial charge in [-0.2, -0.15) is 0 Å². The molecule has 1 aliphatic rings. The van der Waals surface area contributed by atoms with Crippen molar-refractivity contribution < 1.29 is 0 Å². The van der Waals surface area contributed by atoms with Crippen LogP contribution in [0.15, 0.2) is 18.2 Å². The Morgan fingerprint density at radius 3 is 1.90 bits per heavy atom. The van der Waals surface area contributed by atoms with Gasteiger partial charge in [-0.25, -0.2) is 0 Å². The molecule has 1 fully saturated rings. The Kier molecular flexibility index (Phi) is 8.93. The zero-order valence-electron chi connectivity index (χ0n) is 12.7. The lowest BCUT2D eigenvalue weighted by Crippen LogP contribution is -2.48. The molecule has 0 amide bonds. The minimum Gasteiger partial charge on any atom is -0.314 e. The van der Waals surface area contributed by atoms with Gasteiger partial charge in [-0.05, 0) is 29.2 Å². The van der Waals surface area contributed by atoms with Crippen LogP contribution in [0.1, 0.15) is 32.4 Å². The van der Waals surface area contributed by atoms with Crippen molar-refractivity contribution in [1.29, 1.82) is 0 Å². The first kappa shape index (κ1) is 21.3. The van der Waals surface area contributed by atoms with E-state index in [1.165, 1.54) is 5.56 Å². The molecule has 1 aromatic rings. The fourth-order valence-corrected chi connectivity index (χ4v) is 3.47. The Bertz CT molecular complexity index is 420. The van der Waals surface area contributed by atoms with Gasteiger partial charge in [0.25, 0.3) is 0 Å². The summed E-state index contributed by atoms with van der Waals surface area (Å²) in [6.45, 7) is 11.0. The van der Waals surface area contributed by atoms with Crippen LogP contribution in [0.2, 0.25) is 10.0 Å². The second kappa shape index (κ2) is 8.81. The molecule has 21 heavy (non-hydrogen) atoms. The largest absolute Gasteiger partial charge is 0.314 e. The number of hydrogen-bond donors (Lipinski definition) is 1. The van der Waals surface area contributed by atoms with Crippen LogP contribution in [0.3, 0.4) is 0 Å². The van der Waals surface area contributed by atoms with E-state index >= 15 is 0 Å². The molecule has 0 bridgehead atoms. The van der Waals surface area contributed by atoms with Gasteiger partial charge in [0.1, 0.15) is 0 Å². The Morgan fingerprint density at radius 1 is 1.00 bits per heavy atom. The van der Waals surface area contributed by atoms with Crippen molar-refractivity contribution in [1.82, 2.24) is 10.2 Å². The van der Waals surface area contributed by atoms with Crippen LogP contribution in [0.25, 0.3) is 0 Å². The zero-order chi connectivity index (χ0) is 14.0. The van der Waals surface area contributed by atoms with Crippen molar-refractivity contribution in [3.63, 3.8) is 0 Å². The molecule has 0 spiro atoms. The third kappa shape index (κ3) is 5.78. The zero-order valence-corrected chi connectivity index (χ0v) is 15.8. The molecule has 2 rings (SSSR count). The fraction of sp³-hybridized carbons (Fsp3) is 0.600. The highest BCUT2D eigenvalue weighted by Gasteiger charge is 2.32. The second-order valence-electron chi connectivity index (χ2n) is 6.26. The van der Waals surface area contributed by atoms with Crippen molar-refractivity contribution in [2.75, 3.05) is 26.2 Å². The molecule has 6 heteroatoms. The average Bonchev–Trinajstić information content (AvgIpc) is 2.27. The van der Waals surface area contributed by atoms with E-state index in [1.54, 1.807) is 6.07 Å². The molecular formula is C15H24Cl4N2. The molecule has 1 heterocycles. The average molecular weight is 374 g/mol. The molecule has 0 aliphatic carbocycles. The van der Waals surface area contributed by atoms with Crippen molar-refractivity contribution in [3.05, 3.63) is 33.8 Å². The smallest absolute Gasteiger partial charge is 0.0424 e. The maximum absolute atomic E-state index is 6.17. The molecule has 1 aromatic carbocycles. The molecule has 2 nitrogen and oxygen atoms in total. The number of rotatable bonds is 2. The molecule has 1 atom stereocenters. The third-order valence-corrected chi connectivity index (χ3v) is 3.97. The summed E-state index contributed by atoms with van der Waals surface area (Å²) in [7, 11) is 0. The summed E-state index contributed by atoms with van der Waals surface area (Å²) in [5, 5.41) is 4.83. The van der Waals surface area contributed by atoms with Crippen LogP contribution < -0.4 is 5.32 Å². The van der Waals surface area contributed by atoms with Gasteiger partial charge < -0.3 is 5.32 Å². The lowest BCUT2D eigenvalue weighted by atomic mass is 9.81. The predicted molar refractivity (Wildman–Crippen MR) is 97.6 cm³/mol. The van der Waals surface area contributed by atoms with E-state index in [0.717, 1.165) is 26.2 Å². The van der Waals surface area contributed by atoms with E-state index in [1.807, 2.05) is 12.1 Å². The minimum atomic E-state index is 0. The topological polar surface area (TPSA) is 15.3 Å². The van der Waals surface area contributed by atoms with Crippen molar-refractivity contribution >= 4 is 48.0 Å². The van der Waals surface area contributed by atoms with Gasteiger partial charge in [0, 0.05) is 42.3 Å². The van der Waals surface area contributed by atoms with Gasteiger partial charge in [-0.15, -0.1) is 24.8 Å². The molecule has 0 unspecified atom stereocenters. The van der Waals surface area contributed by atoms with Gasteiger partial charge in [0.05, 0.1) is 0 Å². The van der Waals surface area contributed by atoms with Gasteiger partial charge in [-0.1, -0.05) is 44.0 Å². The third-order valence-electron chi connectivity index (χ3n) is 3.54. The number of benzene rings is 1. The molecule has 0 saturated carbocycles. The van der Waals surface area contributed by atoms with Gasteiger partial charge in [-0.3, -0.25) is 4.90 Å². The quantitative estimate of drug-likeness (QED) is 0.798. The van der Waals surface area contributed by atoms with Crippen molar-refractivity contribution in [3.8, 4) is 0 Å². The van der Waals surface area contributed by atoms with E-state index in [2.05, 4.69) is 31.0 Å². The van der Waals surface area contributed by atoms with Crippen LogP contribution in [-0.2, 0) is 0 Å². The lowest BCUT2D eigenvalue weighted by molar-refractivity contribution is 0.0862. The summed E-state index contributed by atoms with van der Waals surface area (Å²) < 4.78 is 0. The predicted octanol–water partition coefficient (Wildman–Crippen LogP) is 4.83. The Morgan fingerprint density at radius 2 is 1.48 bits per heavy atom. The van der Waals surface area contributed by atoms with Gasteiger partial charge in [0.2, 0.25) is 0 Å². The Balaban J connectivity index is 0.00000200. The summed E-state index contributed by atoms with van der Waals surface area (Å²) in [6, 6.07) is 6.23. The summed E-state index contributed by atoms with van der Waals surface area (Å²) >= 11 is 12.3. The van der Waals surface area contributed by atoms with Crippen molar-refractivity contribution in [2.45, 2.75) is 26.8 Å². The van der Waals surface area contributed by atoms with Crippen LogP contribution in [0, 0.1) is 5.41 Å². The standard InChI is InChI=1S/C15H22Cl2N2.2ClH/c1-15(2,3)14(19-6-4-18-5-7-19)11-8-12(16)10-13(17)9-11;;/h8-10,14,18H,4-7H2,1-3H3;2*1H/t14-;;/m1../s1. The van der Waals surface area contributed by atoms with Crippen LogP contribution in [-0.4, -0.2) is 31.1 Å². The molecular weight excluding hydrogens is 350 g/mol. The van der Waals surface area contributed by atoms with E-state index < -0.39 is 0 Å². The maximum Gasteiger partial charge on any atom is 0.0424 e. The molecule has 1 saturated heterocycles. The lowest BCUT2D eigenvalue weighted by Gasteiger charge is -2.42. The van der Waals surface area contributed by atoms with Crippen LogP contribution >= 0.6 is 48.0 Å². The van der Waals surface area contributed by atoms with E-state index in [4.69, 9.17) is 23.2 Å². The number of halogens is 4. The number of nitrogens with zero attached hydrogens (tertiary/aromatic N) is 1. The SMILES string of the molecule is CC(C)(C)[C@@H](c1cc(Cl)cc(Cl)c1)N1CCNCC1.Cl.Cl. The maximum atomic E-state index is 6.17. The van der Waals surface area contributed by atoms with Gasteiger partial charge >= 0.3 is 0 Å². The molecule has 1 N–H and O–H groups in total. The monoisotopic (exact) mass is 372 g/mol.